The van der Waals surface area contributed by atoms with Crippen molar-refractivity contribution in [1.82, 2.24) is 59.3 Å². The Hall–Kier alpha value is -12.2. The lowest BCUT2D eigenvalue weighted by Gasteiger charge is -2.43. The smallest absolute Gasteiger partial charge is 0.417 e. The minimum atomic E-state index is -4.67. The second-order valence-corrected chi connectivity index (χ2v) is 36.1. The number of nitriles is 2. The number of alkyl halides is 3. The van der Waals surface area contributed by atoms with Gasteiger partial charge < -0.3 is 67.9 Å². The number of aromatic nitrogens is 6. The number of methoxy groups -OCH3 is 1. The van der Waals surface area contributed by atoms with E-state index >= 15 is 13.2 Å². The molecule has 6 fully saturated rings. The molecular weight excluding hydrogens is 1640 g/mol. The highest BCUT2D eigenvalue weighted by atomic mass is 19.4. The first-order chi connectivity index (χ1) is 62.7. The van der Waals surface area contributed by atoms with Crippen molar-refractivity contribution in [1.29, 1.82) is 10.5 Å². The summed E-state index contributed by atoms with van der Waals surface area (Å²) in [4.78, 5) is 97.0. The number of halogens is 3. The average Bonchev–Trinajstić information content (AvgIpc) is 1.47. The number of benzene rings is 6. The van der Waals surface area contributed by atoms with E-state index < -0.39 is 17.8 Å². The van der Waals surface area contributed by atoms with E-state index in [0.717, 1.165) is 113 Å². The van der Waals surface area contributed by atoms with Crippen LogP contribution < -0.4 is 43.6 Å². The maximum absolute atomic E-state index is 15.6. The van der Waals surface area contributed by atoms with Crippen molar-refractivity contribution in [2.24, 2.45) is 0 Å². The average molecular weight is 1750 g/mol. The van der Waals surface area contributed by atoms with Gasteiger partial charge in [0.2, 0.25) is 17.7 Å². The number of nitrogens with zero attached hydrogens (tertiary/aromatic N) is 20. The Morgan fingerprint density at radius 2 is 0.907 bits per heavy atom. The second-order valence-electron chi connectivity index (χ2n) is 36.1. The lowest BCUT2D eigenvalue weighted by atomic mass is 9.84. The number of amides is 3. The predicted molar refractivity (Wildman–Crippen MR) is 492 cm³/mol. The fourth-order valence-corrected chi connectivity index (χ4v) is 21.5. The lowest BCUT2D eigenvalue weighted by Crippen LogP contribution is -2.55. The maximum Gasteiger partial charge on any atom is 0.417 e. The van der Waals surface area contributed by atoms with Crippen LogP contribution in [0.4, 0.5) is 47.7 Å². The highest BCUT2D eigenvalue weighted by Crippen LogP contribution is 2.47. The summed E-state index contributed by atoms with van der Waals surface area (Å²) in [6, 6.07) is 40.9. The molecule has 0 N–H and O–H groups in total. The fourth-order valence-electron chi connectivity index (χ4n) is 21.5. The molecule has 9 aliphatic rings. The first-order valence-electron chi connectivity index (χ1n) is 45.6. The number of hydrogen-bond donors (Lipinski definition) is 0. The molecule has 0 radical (unpaired) electrons. The van der Waals surface area contributed by atoms with Crippen LogP contribution >= 0.6 is 0 Å². The summed E-state index contributed by atoms with van der Waals surface area (Å²) < 4.78 is 72.8. The number of carbonyl (C=O) groups excluding carboxylic acids is 3. The SMILES string of the molecule is C=CC(=O)N1CCN(c2nc(OC[C@H]3CC(c4cc(N5CCc6c(nc(OC[C@@H]7CC(c8cc(N9CCc%10c(nc(OC[C@@H]%11CCCN%11C)nc%10N%10CCN(C(=O)C=C)[C@@H](CC#N)C%10)C9)c9c(C(F)(F)F)cccc9c8)CN7C)nc6N6CCN(C(=O)C=C)[C@@H](CCOC)C6)C5)c5ccccc5c4)CCN3C)nc3c2CCN(c2cccc4ccccc24)C3)C[C@@H]1CC#N. The molecule has 9 aromatic rings. The topological polar surface area (TPSA) is 252 Å². The molecule has 6 aromatic carbocycles. The van der Waals surface area contributed by atoms with Crippen molar-refractivity contribution in [3.63, 3.8) is 0 Å². The first kappa shape index (κ1) is 87.5. The molecule has 3 aromatic heterocycles. The Bertz CT molecular complexity index is 5840. The van der Waals surface area contributed by atoms with Crippen LogP contribution in [0.5, 0.6) is 18.0 Å². The quantitative estimate of drug-likeness (QED) is 0.0482. The van der Waals surface area contributed by atoms with Gasteiger partial charge in [-0.15, -0.1) is 0 Å². The van der Waals surface area contributed by atoms with Crippen LogP contribution in [-0.2, 0) is 64.2 Å². The summed E-state index contributed by atoms with van der Waals surface area (Å²) in [6.45, 7) is 22.0. The maximum atomic E-state index is 15.6. The highest BCUT2D eigenvalue weighted by molar-refractivity contribution is 5.99. The van der Waals surface area contributed by atoms with Gasteiger partial charge in [-0.1, -0.05) is 105 Å². The van der Waals surface area contributed by atoms with Gasteiger partial charge in [0.1, 0.15) is 37.3 Å². The molecule has 0 aliphatic carbocycles. The molecule has 12 heterocycles. The van der Waals surface area contributed by atoms with Crippen LogP contribution in [0.25, 0.3) is 32.3 Å². The number of ether oxygens (including phenoxy) is 4. The summed E-state index contributed by atoms with van der Waals surface area (Å²) in [7, 11) is 7.98. The van der Waals surface area contributed by atoms with Gasteiger partial charge in [0.05, 0.1) is 85.4 Å². The van der Waals surface area contributed by atoms with Gasteiger partial charge in [-0.3, -0.25) is 24.2 Å². The number of piperidine rings is 1. The summed E-state index contributed by atoms with van der Waals surface area (Å²) in [5.41, 5.74) is 9.46. The van der Waals surface area contributed by atoms with Crippen molar-refractivity contribution >= 4 is 84.6 Å². The molecule has 2 unspecified atom stereocenters. The first-order valence-corrected chi connectivity index (χ1v) is 45.6. The van der Waals surface area contributed by atoms with Crippen LogP contribution in [0.3, 0.4) is 0 Å². The number of likely N-dealkylation sites (tertiary alicyclic amines) is 3. The zero-order chi connectivity index (χ0) is 89.3. The number of piperazine rings is 3. The zero-order valence-electron chi connectivity index (χ0n) is 74.1. The van der Waals surface area contributed by atoms with Crippen molar-refractivity contribution in [2.75, 3.05) is 182 Å². The van der Waals surface area contributed by atoms with Gasteiger partial charge in [0.25, 0.3) is 0 Å². The van der Waals surface area contributed by atoms with Crippen LogP contribution in [0, 0.1) is 22.7 Å². The van der Waals surface area contributed by atoms with Crippen molar-refractivity contribution in [3.8, 4) is 30.2 Å². The van der Waals surface area contributed by atoms with Crippen molar-refractivity contribution in [2.45, 2.75) is 145 Å². The van der Waals surface area contributed by atoms with Gasteiger partial charge in [0, 0.05) is 167 Å². The van der Waals surface area contributed by atoms with E-state index in [4.69, 9.17) is 48.9 Å². The molecule has 27 nitrogen and oxygen atoms in total. The monoisotopic (exact) mass is 1750 g/mol. The minimum Gasteiger partial charge on any atom is -0.462 e. The molecule has 6 saturated heterocycles. The summed E-state index contributed by atoms with van der Waals surface area (Å²) in [5, 5.41) is 25.2. The van der Waals surface area contributed by atoms with Crippen LogP contribution in [0.2, 0.25) is 0 Å². The number of likely N-dealkylation sites (N-methyl/N-ethyl adjacent to an activating group) is 3. The largest absolute Gasteiger partial charge is 0.462 e. The molecule has 672 valence electrons. The molecule has 18 rings (SSSR count). The Morgan fingerprint density at radius 1 is 0.457 bits per heavy atom. The van der Waals surface area contributed by atoms with Crippen LogP contribution in [-0.4, -0.2) is 266 Å². The van der Waals surface area contributed by atoms with Gasteiger partial charge in [-0.25, -0.2) is 0 Å². The third-order valence-corrected chi connectivity index (χ3v) is 28.6. The van der Waals surface area contributed by atoms with E-state index in [2.05, 4.69) is 171 Å². The summed E-state index contributed by atoms with van der Waals surface area (Å²) in [5.74, 6) is 1.70. The molecule has 129 heavy (non-hydrogen) atoms. The van der Waals surface area contributed by atoms with Gasteiger partial charge in [-0.05, 0) is 174 Å². The van der Waals surface area contributed by atoms with Gasteiger partial charge >= 0.3 is 24.2 Å². The standard InChI is InChI=1S/C99H113F3N20O7/c1-8-89(123)120-44-41-117(55-71(120)27-34-103)93-79-30-38-114(86-26-16-20-64-18-11-13-23-77(64)86)58-83(79)105-97(109-93)128-62-75-50-65(29-37-112(75)5)68-48-66-19-12-14-24-78(66)87(52-68)115-39-31-80-84(59-115)106-98(110-95(80)119-43-46-122(91(125)10-3)73(57-119)33-47-126-7)129-63-76-51-70(54-113(76)6)69-49-67-21-15-25-82(99(100,101)102)92(67)88(53-69)116-40-32-81-85(60-116)107-96(127-61-74-22-17-36-111(74)4)108-94(81)118-42-45-121(90(124)9-2)72(56-118)28-35-104/h8-16,18-21,23-26,48-49,52-53,65,70-76H,1-3,17,22,27-33,36-47,50-51,54-63H2,4-7H3/t65?,70?,71-,72-,73-,74-,75+,76-/m0/s1. The van der Waals surface area contributed by atoms with Crippen molar-refractivity contribution in [3.05, 3.63) is 198 Å². The molecule has 0 bridgehead atoms. The molecule has 0 saturated carbocycles. The van der Waals surface area contributed by atoms with E-state index in [9.17, 15) is 24.9 Å². The number of anilines is 6. The predicted octanol–water partition coefficient (Wildman–Crippen LogP) is 12.3. The van der Waals surface area contributed by atoms with E-state index in [-0.39, 0.29) is 103 Å². The molecule has 30 heteroatoms. The number of carbonyl (C=O) groups is 3. The minimum absolute atomic E-state index is 0.00459. The van der Waals surface area contributed by atoms with Crippen molar-refractivity contribution < 1.29 is 46.5 Å². The number of rotatable bonds is 25. The Labute approximate surface area is 751 Å². The van der Waals surface area contributed by atoms with E-state index in [0.29, 0.717) is 172 Å². The molecular formula is C99H113F3N20O7. The Morgan fingerprint density at radius 3 is 1.44 bits per heavy atom. The zero-order valence-corrected chi connectivity index (χ0v) is 74.1. The normalized spacial score (nSPS) is 22.4. The molecule has 0 spiro atoms. The number of hydrogen-bond acceptors (Lipinski definition) is 24. The van der Waals surface area contributed by atoms with Crippen LogP contribution in [0.1, 0.15) is 114 Å². The summed E-state index contributed by atoms with van der Waals surface area (Å²) in [6.07, 6.45) is 6.29. The Kier molecular flexibility index (Phi) is 25.7. The number of fused-ring (bicyclic) bond motifs is 6. The Balaban J connectivity index is 0.617. The molecule has 9 aliphatic heterocycles. The van der Waals surface area contributed by atoms with E-state index in [1.54, 1.807) is 23.0 Å². The third kappa shape index (κ3) is 18.1. The van der Waals surface area contributed by atoms with Crippen LogP contribution in [0.15, 0.2) is 147 Å². The molecule has 3 amide bonds. The molecule has 8 atom stereocenters. The lowest BCUT2D eigenvalue weighted by molar-refractivity contribution is -0.136. The second kappa shape index (κ2) is 37.8. The van der Waals surface area contributed by atoms with E-state index in [1.807, 2.05) is 21.9 Å². The third-order valence-electron chi connectivity index (χ3n) is 28.6. The highest BCUT2D eigenvalue weighted by Gasteiger charge is 2.43. The van der Waals surface area contributed by atoms with Gasteiger partial charge in [0.15, 0.2) is 0 Å². The van der Waals surface area contributed by atoms with E-state index in [1.165, 1.54) is 46.7 Å². The van der Waals surface area contributed by atoms with Gasteiger partial charge in [-0.2, -0.15) is 53.6 Å². The summed E-state index contributed by atoms with van der Waals surface area (Å²) >= 11 is 0. The fraction of sp³-hybridized carbons (Fsp3) is 0.465.